The lowest BCUT2D eigenvalue weighted by atomic mass is 9.87. The van der Waals surface area contributed by atoms with Crippen molar-refractivity contribution in [3.05, 3.63) is 34.6 Å². The van der Waals surface area contributed by atoms with Crippen molar-refractivity contribution in [3.8, 4) is 0 Å². The van der Waals surface area contributed by atoms with E-state index >= 15 is 0 Å². The van der Waals surface area contributed by atoms with E-state index in [0.29, 0.717) is 0 Å². The van der Waals surface area contributed by atoms with Crippen LogP contribution in [0.15, 0.2) is 12.1 Å². The molecule has 0 bridgehead atoms. The average Bonchev–Trinajstić information content (AvgIpc) is 2.49. The van der Waals surface area contributed by atoms with Gasteiger partial charge in [-0.2, -0.15) is 0 Å². The van der Waals surface area contributed by atoms with E-state index in [-0.39, 0.29) is 35.7 Å². The summed E-state index contributed by atoms with van der Waals surface area (Å²) in [4.78, 5) is 22.2. The van der Waals surface area contributed by atoms with Crippen LogP contribution in [0, 0.1) is 5.82 Å². The van der Waals surface area contributed by atoms with Crippen molar-refractivity contribution >= 4 is 24.1 Å². The molecule has 0 aliphatic heterocycles. The maximum Gasteiger partial charge on any atom is 0.234 e. The Morgan fingerprint density at radius 1 is 1.21 bits per heavy atom. The SMILES string of the molecule is CC(C)c1cc(F)cc(C(C)C)c1CC(=O)NSCC=O.COC. The van der Waals surface area contributed by atoms with Crippen molar-refractivity contribution in [1.29, 1.82) is 0 Å². The van der Waals surface area contributed by atoms with Crippen molar-refractivity contribution in [1.82, 2.24) is 4.72 Å². The molecule has 136 valence electrons. The Morgan fingerprint density at radius 3 is 2.04 bits per heavy atom. The molecule has 4 nitrogen and oxygen atoms in total. The maximum atomic E-state index is 13.8. The number of hydrogen-bond acceptors (Lipinski definition) is 4. The Morgan fingerprint density at radius 2 is 1.67 bits per heavy atom. The number of aldehydes is 1. The lowest BCUT2D eigenvalue weighted by Gasteiger charge is -2.19. The first kappa shape index (κ1) is 22.6. The van der Waals surface area contributed by atoms with Crippen LogP contribution < -0.4 is 4.72 Å². The van der Waals surface area contributed by atoms with Gasteiger partial charge in [-0.15, -0.1) is 0 Å². The van der Waals surface area contributed by atoms with Gasteiger partial charge in [-0.05, 0) is 52.6 Å². The highest BCUT2D eigenvalue weighted by atomic mass is 32.2. The third kappa shape index (κ3) is 7.93. The summed E-state index contributed by atoms with van der Waals surface area (Å²) in [5, 5.41) is 0. The molecule has 0 unspecified atom stereocenters. The molecule has 0 radical (unpaired) electrons. The Hall–Kier alpha value is -1.40. The van der Waals surface area contributed by atoms with Crippen LogP contribution in [-0.4, -0.2) is 32.2 Å². The number of rotatable bonds is 7. The quantitative estimate of drug-likeness (QED) is 0.458. The summed E-state index contributed by atoms with van der Waals surface area (Å²) >= 11 is 1.07. The van der Waals surface area contributed by atoms with Gasteiger partial charge < -0.3 is 9.53 Å². The fourth-order valence-corrected chi connectivity index (χ4v) is 2.65. The molecule has 1 aromatic carbocycles. The van der Waals surface area contributed by atoms with E-state index in [1.165, 1.54) is 12.1 Å². The van der Waals surface area contributed by atoms with Gasteiger partial charge >= 0.3 is 0 Å². The topological polar surface area (TPSA) is 55.4 Å². The molecule has 0 aromatic heterocycles. The van der Waals surface area contributed by atoms with E-state index in [1.54, 1.807) is 14.2 Å². The molecule has 0 atom stereocenters. The number of carbonyl (C=O) groups is 2. The van der Waals surface area contributed by atoms with Crippen LogP contribution in [0.1, 0.15) is 56.2 Å². The second-order valence-electron chi connectivity index (χ2n) is 5.96. The van der Waals surface area contributed by atoms with E-state index in [1.807, 2.05) is 27.7 Å². The molecule has 1 rings (SSSR count). The van der Waals surface area contributed by atoms with Gasteiger partial charge in [-0.3, -0.25) is 9.52 Å². The summed E-state index contributed by atoms with van der Waals surface area (Å²) in [6, 6.07) is 3.02. The van der Waals surface area contributed by atoms with Crippen molar-refractivity contribution in [3.63, 3.8) is 0 Å². The van der Waals surface area contributed by atoms with Crippen LogP contribution in [0.2, 0.25) is 0 Å². The van der Waals surface area contributed by atoms with Gasteiger partial charge in [0.25, 0.3) is 0 Å². The largest absolute Gasteiger partial charge is 0.388 e. The zero-order valence-corrected chi connectivity index (χ0v) is 16.1. The molecular formula is C18H28FNO3S. The number of carbonyl (C=O) groups excluding carboxylic acids is 2. The van der Waals surface area contributed by atoms with Gasteiger partial charge in [-0.25, -0.2) is 4.39 Å². The zero-order valence-electron chi connectivity index (χ0n) is 15.3. The predicted octanol–water partition coefficient (Wildman–Crippen LogP) is 3.84. The lowest BCUT2D eigenvalue weighted by molar-refractivity contribution is -0.118. The van der Waals surface area contributed by atoms with Gasteiger partial charge in [0, 0.05) is 14.2 Å². The summed E-state index contributed by atoms with van der Waals surface area (Å²) in [5.74, 6) is 0.0786. The fourth-order valence-electron chi connectivity index (χ4n) is 2.27. The van der Waals surface area contributed by atoms with Crippen LogP contribution >= 0.6 is 11.9 Å². The summed E-state index contributed by atoms with van der Waals surface area (Å²) in [7, 11) is 3.25. The molecule has 0 aliphatic rings. The Balaban J connectivity index is 0.00000163. The number of hydrogen-bond donors (Lipinski definition) is 1. The molecule has 0 aliphatic carbocycles. The minimum absolute atomic E-state index is 0.142. The van der Waals surface area contributed by atoms with Crippen molar-refractivity contribution < 1.29 is 18.7 Å². The average molecular weight is 357 g/mol. The minimum Gasteiger partial charge on any atom is -0.388 e. The van der Waals surface area contributed by atoms with Crippen molar-refractivity contribution in [2.75, 3.05) is 20.0 Å². The van der Waals surface area contributed by atoms with E-state index in [4.69, 9.17) is 0 Å². The number of nitrogens with one attached hydrogen (secondary N) is 1. The van der Waals surface area contributed by atoms with Crippen molar-refractivity contribution in [2.45, 2.75) is 46.0 Å². The fraction of sp³-hybridized carbons (Fsp3) is 0.556. The highest BCUT2D eigenvalue weighted by Crippen LogP contribution is 2.29. The van der Waals surface area contributed by atoms with Gasteiger partial charge in [0.1, 0.15) is 12.1 Å². The summed E-state index contributed by atoms with van der Waals surface area (Å²) < 4.78 is 20.7. The molecular weight excluding hydrogens is 329 g/mol. The number of ether oxygens (including phenoxy) is 1. The van der Waals surface area contributed by atoms with E-state index in [9.17, 15) is 14.0 Å². The molecule has 0 saturated heterocycles. The Kier molecular flexibility index (Phi) is 11.3. The van der Waals surface area contributed by atoms with Gasteiger partial charge in [-0.1, -0.05) is 27.7 Å². The first-order chi connectivity index (χ1) is 11.3. The molecule has 0 heterocycles. The monoisotopic (exact) mass is 357 g/mol. The van der Waals surface area contributed by atoms with Crippen LogP contribution in [0.25, 0.3) is 0 Å². The molecule has 1 aromatic rings. The van der Waals surface area contributed by atoms with Gasteiger partial charge in [0.15, 0.2) is 0 Å². The zero-order chi connectivity index (χ0) is 18.7. The molecule has 0 saturated carbocycles. The third-order valence-corrected chi connectivity index (χ3v) is 3.88. The highest BCUT2D eigenvalue weighted by Gasteiger charge is 2.18. The second-order valence-corrected chi connectivity index (χ2v) is 6.79. The highest BCUT2D eigenvalue weighted by molar-refractivity contribution is 7.98. The lowest BCUT2D eigenvalue weighted by Crippen LogP contribution is -2.21. The normalized spacial score (nSPS) is 10.4. The van der Waals surface area contributed by atoms with Gasteiger partial charge in [0.05, 0.1) is 12.2 Å². The molecule has 24 heavy (non-hydrogen) atoms. The molecule has 0 fully saturated rings. The smallest absolute Gasteiger partial charge is 0.234 e. The van der Waals surface area contributed by atoms with Crippen LogP contribution in [-0.2, 0) is 20.7 Å². The van der Waals surface area contributed by atoms with Gasteiger partial charge in [0.2, 0.25) is 5.91 Å². The summed E-state index contributed by atoms with van der Waals surface area (Å²) in [5.41, 5.74) is 2.63. The first-order valence-corrected chi connectivity index (χ1v) is 8.83. The minimum atomic E-state index is -0.262. The van der Waals surface area contributed by atoms with E-state index in [2.05, 4.69) is 9.46 Å². The molecule has 1 N–H and O–H groups in total. The molecule has 6 heteroatoms. The van der Waals surface area contributed by atoms with E-state index < -0.39 is 0 Å². The van der Waals surface area contributed by atoms with Crippen molar-refractivity contribution in [2.24, 2.45) is 0 Å². The Bertz CT molecular complexity index is 504. The van der Waals surface area contributed by atoms with E-state index in [0.717, 1.165) is 34.9 Å². The third-order valence-electron chi connectivity index (χ3n) is 3.20. The number of amides is 1. The number of halogens is 1. The Labute approximate surface area is 148 Å². The number of methoxy groups -OCH3 is 1. The number of benzene rings is 1. The summed E-state index contributed by atoms with van der Waals surface area (Å²) in [6.45, 7) is 7.95. The molecule has 1 amide bonds. The molecule has 0 spiro atoms. The first-order valence-electron chi connectivity index (χ1n) is 7.84. The van der Waals surface area contributed by atoms with Crippen LogP contribution in [0.5, 0.6) is 0 Å². The van der Waals surface area contributed by atoms with Crippen LogP contribution in [0.3, 0.4) is 0 Å². The predicted molar refractivity (Wildman–Crippen MR) is 97.9 cm³/mol. The summed E-state index contributed by atoms with van der Waals surface area (Å²) in [6.07, 6.45) is 0.940. The maximum absolute atomic E-state index is 13.8. The van der Waals surface area contributed by atoms with Crippen LogP contribution in [0.4, 0.5) is 4.39 Å². The second kappa shape index (κ2) is 12.0. The standard InChI is InChI=1S/C16H22FNO2S.C2H6O/c1-10(2)13-7-12(17)8-14(11(3)4)15(13)9-16(20)18-21-6-5-19;1-3-2/h5,7-8,10-11H,6,9H2,1-4H3,(H,18,20);1-2H3.